The third-order valence-electron chi connectivity index (χ3n) is 8.35. The molecule has 3 aliphatic rings. The number of fused-ring (bicyclic) bond motifs is 3. The van der Waals surface area contributed by atoms with Crippen LogP contribution in [0.3, 0.4) is 0 Å². The van der Waals surface area contributed by atoms with Gasteiger partial charge in [-0.05, 0) is 55.2 Å². The van der Waals surface area contributed by atoms with Crippen LogP contribution in [0.4, 0.5) is 11.8 Å². The lowest BCUT2D eigenvalue weighted by Crippen LogP contribution is -2.34. The van der Waals surface area contributed by atoms with Gasteiger partial charge in [0.25, 0.3) is 5.91 Å². The molecule has 0 spiro atoms. The third-order valence-corrected chi connectivity index (χ3v) is 8.35. The van der Waals surface area contributed by atoms with Crippen molar-refractivity contribution < 1.29 is 4.79 Å². The first-order valence-electron chi connectivity index (χ1n) is 13.2. The normalized spacial score (nSPS) is 24.0. The number of rotatable bonds is 7. The second-order valence-corrected chi connectivity index (χ2v) is 10.9. The van der Waals surface area contributed by atoms with E-state index in [1.165, 1.54) is 31.2 Å². The molecule has 3 fully saturated rings. The number of hydrogen-bond donors (Lipinski definition) is 1. The second kappa shape index (κ2) is 9.32. The summed E-state index contributed by atoms with van der Waals surface area (Å²) in [6.07, 6.45) is 12.9. The predicted molar refractivity (Wildman–Crippen MR) is 141 cm³/mol. The summed E-state index contributed by atoms with van der Waals surface area (Å²) in [6, 6.07) is 7.04. The van der Waals surface area contributed by atoms with E-state index in [1.807, 2.05) is 18.3 Å². The molecule has 2 aliphatic carbocycles. The maximum atomic E-state index is 12.9. The van der Waals surface area contributed by atoms with Crippen LogP contribution in [0.1, 0.15) is 60.6 Å². The first-order valence-corrected chi connectivity index (χ1v) is 13.2. The number of nitrogens with zero attached hydrogens (tertiary/aromatic N) is 6. The standard InChI is InChI=1S/C28H35N7O/c1-4-19-11-23-12-21(19)17-34(23)16-18-9-10-25(29-14-18)31-28-30-15-20-13-24(27(36)33(2)3)35(26(20)32-28)22-7-5-6-8-22/h4,9-10,13-15,19,21-23H,1,5-8,11-12,16-17H2,2-3H3,(H,29,30,31,32)/t19?,21-,23+/m0/s1. The van der Waals surface area contributed by atoms with E-state index in [1.54, 1.807) is 25.2 Å². The summed E-state index contributed by atoms with van der Waals surface area (Å²) in [4.78, 5) is 31.1. The molecule has 2 bridgehead atoms. The molecule has 3 aromatic heterocycles. The number of allylic oxidation sites excluding steroid dienone is 1. The van der Waals surface area contributed by atoms with Crippen molar-refractivity contribution in [2.24, 2.45) is 11.8 Å². The molecular weight excluding hydrogens is 450 g/mol. The zero-order chi connectivity index (χ0) is 24.8. The molecule has 4 heterocycles. The summed E-state index contributed by atoms with van der Waals surface area (Å²) in [6.45, 7) is 6.11. The number of pyridine rings is 1. The van der Waals surface area contributed by atoms with Gasteiger partial charge in [-0.15, -0.1) is 6.58 Å². The van der Waals surface area contributed by atoms with Gasteiger partial charge in [0.2, 0.25) is 5.95 Å². The van der Waals surface area contributed by atoms with Gasteiger partial charge in [0.1, 0.15) is 17.2 Å². The van der Waals surface area contributed by atoms with Crippen LogP contribution in [0.5, 0.6) is 0 Å². The number of amides is 1. The van der Waals surface area contributed by atoms with Gasteiger partial charge in [0.05, 0.1) is 0 Å². The van der Waals surface area contributed by atoms with Gasteiger partial charge in [0.15, 0.2) is 0 Å². The molecular formula is C28H35N7O. The van der Waals surface area contributed by atoms with Crippen molar-refractivity contribution in [3.63, 3.8) is 0 Å². The number of likely N-dealkylation sites (tertiary alicyclic amines) is 1. The molecule has 188 valence electrons. The number of piperidine rings is 1. The highest BCUT2D eigenvalue weighted by Gasteiger charge is 2.42. The van der Waals surface area contributed by atoms with Crippen LogP contribution in [-0.4, -0.2) is 61.9 Å². The van der Waals surface area contributed by atoms with E-state index >= 15 is 0 Å². The fourth-order valence-corrected chi connectivity index (χ4v) is 6.50. The van der Waals surface area contributed by atoms with Gasteiger partial charge in [-0.3, -0.25) is 9.69 Å². The lowest BCUT2D eigenvalue weighted by atomic mass is 9.95. The Morgan fingerprint density at radius 2 is 2.00 bits per heavy atom. The molecule has 3 atom stereocenters. The van der Waals surface area contributed by atoms with Crippen molar-refractivity contribution in [2.75, 3.05) is 26.0 Å². The SMILES string of the molecule is C=CC1C[C@@H]2C[C@H]1CN2Cc1ccc(Nc2ncc3cc(C(=O)N(C)C)n(C4CCCC4)c3n2)nc1. The lowest BCUT2D eigenvalue weighted by Gasteiger charge is -2.30. The first-order chi connectivity index (χ1) is 17.5. The van der Waals surface area contributed by atoms with Crippen LogP contribution in [0, 0.1) is 11.8 Å². The number of anilines is 2. The Bertz CT molecular complexity index is 1280. The quantitative estimate of drug-likeness (QED) is 0.485. The summed E-state index contributed by atoms with van der Waals surface area (Å²) in [5.41, 5.74) is 2.72. The molecule has 3 aromatic rings. The van der Waals surface area contributed by atoms with E-state index in [-0.39, 0.29) is 5.91 Å². The topological polar surface area (TPSA) is 79.2 Å². The Balaban J connectivity index is 1.20. The maximum Gasteiger partial charge on any atom is 0.270 e. The van der Waals surface area contributed by atoms with Crippen LogP contribution < -0.4 is 5.32 Å². The first kappa shape index (κ1) is 23.2. The zero-order valence-corrected chi connectivity index (χ0v) is 21.2. The third kappa shape index (κ3) is 4.17. The van der Waals surface area contributed by atoms with Gasteiger partial charge in [0, 0.05) is 57.0 Å². The van der Waals surface area contributed by atoms with E-state index in [0.29, 0.717) is 29.6 Å². The summed E-state index contributed by atoms with van der Waals surface area (Å²) < 4.78 is 2.13. The van der Waals surface area contributed by atoms with Crippen LogP contribution in [0.2, 0.25) is 0 Å². The smallest absolute Gasteiger partial charge is 0.270 e. The Morgan fingerprint density at radius 3 is 2.67 bits per heavy atom. The molecule has 36 heavy (non-hydrogen) atoms. The summed E-state index contributed by atoms with van der Waals surface area (Å²) in [5.74, 6) is 2.68. The molecule has 0 radical (unpaired) electrons. The van der Waals surface area contributed by atoms with E-state index in [9.17, 15) is 4.79 Å². The van der Waals surface area contributed by atoms with Crippen molar-refractivity contribution in [1.29, 1.82) is 0 Å². The van der Waals surface area contributed by atoms with Crippen LogP contribution >= 0.6 is 0 Å². The Hall–Kier alpha value is -3.26. The number of carbonyl (C=O) groups excluding carboxylic acids is 1. The Kier molecular flexibility index (Phi) is 5.99. The number of hydrogen-bond acceptors (Lipinski definition) is 6. The van der Waals surface area contributed by atoms with Crippen LogP contribution in [0.15, 0.2) is 43.2 Å². The molecule has 8 heteroatoms. The number of aromatic nitrogens is 4. The van der Waals surface area contributed by atoms with Crippen molar-refractivity contribution in [3.8, 4) is 0 Å². The molecule has 1 saturated heterocycles. The molecule has 1 N–H and O–H groups in total. The molecule has 8 nitrogen and oxygen atoms in total. The summed E-state index contributed by atoms with van der Waals surface area (Å²) in [5, 5.41) is 4.16. The lowest BCUT2D eigenvalue weighted by molar-refractivity contribution is 0.0815. The molecule has 6 rings (SSSR count). The fourth-order valence-electron chi connectivity index (χ4n) is 6.50. The minimum Gasteiger partial charge on any atom is -0.343 e. The number of carbonyl (C=O) groups is 1. The molecule has 2 saturated carbocycles. The number of nitrogens with one attached hydrogen (secondary N) is 1. The second-order valence-electron chi connectivity index (χ2n) is 10.9. The molecule has 0 aromatic carbocycles. The van der Waals surface area contributed by atoms with Crippen molar-refractivity contribution in [1.82, 2.24) is 29.3 Å². The summed E-state index contributed by atoms with van der Waals surface area (Å²) in [7, 11) is 3.58. The van der Waals surface area contributed by atoms with Crippen LogP contribution in [-0.2, 0) is 6.54 Å². The monoisotopic (exact) mass is 485 g/mol. The highest BCUT2D eigenvalue weighted by atomic mass is 16.2. The van der Waals surface area contributed by atoms with E-state index in [0.717, 1.165) is 48.7 Å². The minimum atomic E-state index is -0.00194. The van der Waals surface area contributed by atoms with Gasteiger partial charge in [-0.2, -0.15) is 4.98 Å². The van der Waals surface area contributed by atoms with E-state index in [2.05, 4.69) is 43.5 Å². The fraction of sp³-hybridized carbons (Fsp3) is 0.500. The van der Waals surface area contributed by atoms with E-state index in [4.69, 9.17) is 4.98 Å². The van der Waals surface area contributed by atoms with Gasteiger partial charge in [-0.25, -0.2) is 9.97 Å². The Morgan fingerprint density at radius 1 is 1.17 bits per heavy atom. The maximum absolute atomic E-state index is 12.9. The predicted octanol–water partition coefficient (Wildman–Crippen LogP) is 4.78. The molecule has 1 amide bonds. The highest BCUT2D eigenvalue weighted by Crippen LogP contribution is 2.43. The average molecular weight is 486 g/mol. The van der Waals surface area contributed by atoms with Crippen molar-refractivity contribution in [2.45, 2.75) is 57.2 Å². The van der Waals surface area contributed by atoms with Crippen molar-refractivity contribution in [3.05, 3.63) is 54.5 Å². The van der Waals surface area contributed by atoms with Gasteiger partial charge in [-0.1, -0.05) is 25.0 Å². The van der Waals surface area contributed by atoms with Crippen LogP contribution in [0.25, 0.3) is 11.0 Å². The van der Waals surface area contributed by atoms with Crippen molar-refractivity contribution >= 4 is 28.7 Å². The minimum absolute atomic E-state index is 0.00194. The Labute approximate surface area is 212 Å². The highest BCUT2D eigenvalue weighted by molar-refractivity contribution is 5.97. The van der Waals surface area contributed by atoms with Gasteiger partial charge < -0.3 is 14.8 Å². The zero-order valence-electron chi connectivity index (χ0n) is 21.2. The molecule has 1 aliphatic heterocycles. The molecule has 1 unspecified atom stereocenters. The van der Waals surface area contributed by atoms with E-state index < -0.39 is 0 Å². The largest absolute Gasteiger partial charge is 0.343 e. The summed E-state index contributed by atoms with van der Waals surface area (Å²) >= 11 is 0. The van der Waals surface area contributed by atoms with Gasteiger partial charge >= 0.3 is 0 Å². The average Bonchev–Trinajstić information content (AvgIpc) is 3.67.